The summed E-state index contributed by atoms with van der Waals surface area (Å²) in [7, 11) is 0. The molecule has 0 aliphatic carbocycles. The minimum absolute atomic E-state index is 0.0120. The third kappa shape index (κ3) is 3.00. The SMILES string of the molecule is O=C(/C=C1\NCCc2cc3c(cc21)OCO3)c1cccc(C(F)(F)F)c1. The van der Waals surface area contributed by atoms with Gasteiger partial charge in [0.2, 0.25) is 6.79 Å². The normalized spacial score (nSPS) is 17.0. The van der Waals surface area contributed by atoms with Gasteiger partial charge in [-0.1, -0.05) is 12.1 Å². The molecule has 4 rings (SSSR count). The number of carbonyl (C=O) groups excluding carboxylic acids is 1. The van der Waals surface area contributed by atoms with E-state index >= 15 is 0 Å². The van der Waals surface area contributed by atoms with Crippen LogP contribution in [0, 0.1) is 0 Å². The van der Waals surface area contributed by atoms with Crippen LogP contribution in [0.2, 0.25) is 0 Å². The minimum atomic E-state index is -4.49. The summed E-state index contributed by atoms with van der Waals surface area (Å²) in [6.07, 6.45) is -2.41. The number of hydrogen-bond donors (Lipinski definition) is 1. The molecule has 0 bridgehead atoms. The predicted octanol–water partition coefficient (Wildman–Crippen LogP) is 3.80. The van der Waals surface area contributed by atoms with E-state index in [4.69, 9.17) is 9.47 Å². The fourth-order valence-corrected chi connectivity index (χ4v) is 3.06. The average Bonchev–Trinajstić information content (AvgIpc) is 3.07. The molecular weight excluding hydrogens is 347 g/mol. The molecule has 4 nitrogen and oxygen atoms in total. The van der Waals surface area contributed by atoms with Crippen LogP contribution in [-0.2, 0) is 12.6 Å². The number of hydrogen-bond acceptors (Lipinski definition) is 4. The predicted molar refractivity (Wildman–Crippen MR) is 88.0 cm³/mol. The van der Waals surface area contributed by atoms with Crippen LogP contribution in [0.1, 0.15) is 27.0 Å². The van der Waals surface area contributed by atoms with E-state index in [1.165, 1.54) is 18.2 Å². The summed E-state index contributed by atoms with van der Waals surface area (Å²) in [6, 6.07) is 8.07. The molecule has 134 valence electrons. The summed E-state index contributed by atoms with van der Waals surface area (Å²) in [5.74, 6) is 0.753. The molecule has 0 saturated carbocycles. The second kappa shape index (κ2) is 6.09. The van der Waals surface area contributed by atoms with Crippen molar-refractivity contribution in [2.24, 2.45) is 0 Å². The summed E-state index contributed by atoms with van der Waals surface area (Å²) in [6.45, 7) is 0.766. The largest absolute Gasteiger partial charge is 0.454 e. The first kappa shape index (κ1) is 16.5. The first-order valence-corrected chi connectivity index (χ1v) is 8.02. The fraction of sp³-hybridized carbons (Fsp3) is 0.211. The molecule has 2 aromatic carbocycles. The number of fused-ring (bicyclic) bond motifs is 2. The molecule has 2 aromatic rings. The highest BCUT2D eigenvalue weighted by molar-refractivity contribution is 6.08. The zero-order chi connectivity index (χ0) is 18.3. The van der Waals surface area contributed by atoms with Crippen LogP contribution in [0.5, 0.6) is 11.5 Å². The van der Waals surface area contributed by atoms with E-state index in [9.17, 15) is 18.0 Å². The van der Waals surface area contributed by atoms with Gasteiger partial charge in [-0.2, -0.15) is 13.2 Å². The summed E-state index contributed by atoms with van der Waals surface area (Å²) in [5.41, 5.74) is 1.49. The summed E-state index contributed by atoms with van der Waals surface area (Å²) in [5, 5.41) is 3.13. The molecular formula is C19H14F3NO3. The van der Waals surface area contributed by atoms with Crippen LogP contribution < -0.4 is 14.8 Å². The van der Waals surface area contributed by atoms with Gasteiger partial charge >= 0.3 is 6.18 Å². The Morgan fingerprint density at radius 2 is 1.88 bits per heavy atom. The second-order valence-corrected chi connectivity index (χ2v) is 6.04. The van der Waals surface area contributed by atoms with Crippen molar-refractivity contribution in [3.63, 3.8) is 0 Å². The highest BCUT2D eigenvalue weighted by Crippen LogP contribution is 2.38. The topological polar surface area (TPSA) is 47.6 Å². The average molecular weight is 361 g/mol. The van der Waals surface area contributed by atoms with E-state index in [1.54, 1.807) is 6.07 Å². The number of rotatable bonds is 2. The van der Waals surface area contributed by atoms with Crippen molar-refractivity contribution in [3.8, 4) is 11.5 Å². The lowest BCUT2D eigenvalue weighted by molar-refractivity contribution is -0.137. The number of ether oxygens (including phenoxy) is 2. The monoisotopic (exact) mass is 361 g/mol. The Bertz CT molecular complexity index is 919. The first-order valence-electron chi connectivity index (χ1n) is 8.02. The molecule has 0 unspecified atom stereocenters. The van der Waals surface area contributed by atoms with Crippen molar-refractivity contribution in [1.82, 2.24) is 5.32 Å². The lowest BCUT2D eigenvalue weighted by Gasteiger charge is -2.21. The number of carbonyl (C=O) groups is 1. The van der Waals surface area contributed by atoms with Gasteiger partial charge in [-0.15, -0.1) is 0 Å². The highest BCUT2D eigenvalue weighted by Gasteiger charge is 2.31. The second-order valence-electron chi connectivity index (χ2n) is 6.04. The van der Waals surface area contributed by atoms with E-state index in [2.05, 4.69) is 5.32 Å². The maximum absolute atomic E-state index is 12.8. The lowest BCUT2D eigenvalue weighted by atomic mass is 9.95. The zero-order valence-electron chi connectivity index (χ0n) is 13.5. The van der Waals surface area contributed by atoms with E-state index in [0.29, 0.717) is 23.7 Å². The molecule has 0 atom stereocenters. The van der Waals surface area contributed by atoms with Crippen molar-refractivity contribution < 1.29 is 27.4 Å². The number of halogens is 3. The highest BCUT2D eigenvalue weighted by atomic mass is 19.4. The third-order valence-electron chi connectivity index (χ3n) is 4.35. The molecule has 0 fully saturated rings. The van der Waals surface area contributed by atoms with Gasteiger partial charge in [-0.3, -0.25) is 4.79 Å². The maximum atomic E-state index is 12.8. The van der Waals surface area contributed by atoms with Gasteiger partial charge in [0.15, 0.2) is 17.3 Å². The Hall–Kier alpha value is -2.96. The van der Waals surface area contributed by atoms with Gasteiger partial charge in [0.1, 0.15) is 0 Å². The molecule has 2 aliphatic rings. The van der Waals surface area contributed by atoms with Gasteiger partial charge in [-0.25, -0.2) is 0 Å². The fourth-order valence-electron chi connectivity index (χ4n) is 3.06. The number of ketones is 1. The molecule has 0 radical (unpaired) electrons. The van der Waals surface area contributed by atoms with Crippen LogP contribution in [-0.4, -0.2) is 19.1 Å². The molecule has 2 aliphatic heterocycles. The van der Waals surface area contributed by atoms with E-state index in [1.807, 2.05) is 6.07 Å². The third-order valence-corrected chi connectivity index (χ3v) is 4.35. The number of benzene rings is 2. The summed E-state index contributed by atoms with van der Waals surface area (Å²) >= 11 is 0. The van der Waals surface area contributed by atoms with Gasteiger partial charge in [-0.05, 0) is 36.2 Å². The zero-order valence-corrected chi connectivity index (χ0v) is 13.5. The van der Waals surface area contributed by atoms with Crippen LogP contribution in [0.25, 0.3) is 5.70 Å². The van der Waals surface area contributed by atoms with E-state index < -0.39 is 17.5 Å². The number of alkyl halides is 3. The van der Waals surface area contributed by atoms with Crippen molar-refractivity contribution >= 4 is 11.5 Å². The van der Waals surface area contributed by atoms with Crippen LogP contribution in [0.15, 0.2) is 42.5 Å². The van der Waals surface area contributed by atoms with E-state index in [0.717, 1.165) is 29.7 Å². The Morgan fingerprint density at radius 1 is 1.12 bits per heavy atom. The summed E-state index contributed by atoms with van der Waals surface area (Å²) < 4.78 is 49.3. The van der Waals surface area contributed by atoms with Gasteiger partial charge in [0.25, 0.3) is 0 Å². The number of nitrogens with one attached hydrogen (secondary N) is 1. The quantitative estimate of drug-likeness (QED) is 0.653. The molecule has 0 spiro atoms. The molecule has 0 amide bonds. The Morgan fingerprint density at radius 3 is 2.65 bits per heavy atom. The van der Waals surface area contributed by atoms with Gasteiger partial charge in [0.05, 0.1) is 5.56 Å². The molecule has 1 N–H and O–H groups in total. The van der Waals surface area contributed by atoms with Crippen molar-refractivity contribution in [2.75, 3.05) is 13.3 Å². The molecule has 2 heterocycles. The lowest BCUT2D eigenvalue weighted by Crippen LogP contribution is -2.23. The molecule has 26 heavy (non-hydrogen) atoms. The Kier molecular flexibility index (Phi) is 3.86. The van der Waals surface area contributed by atoms with Gasteiger partial charge in [0, 0.05) is 29.4 Å². The Balaban J connectivity index is 1.69. The van der Waals surface area contributed by atoms with Crippen molar-refractivity contribution in [2.45, 2.75) is 12.6 Å². The van der Waals surface area contributed by atoms with Crippen LogP contribution >= 0.6 is 0 Å². The van der Waals surface area contributed by atoms with Crippen molar-refractivity contribution in [3.05, 3.63) is 64.7 Å². The smallest absolute Gasteiger partial charge is 0.416 e. The van der Waals surface area contributed by atoms with Crippen LogP contribution in [0.4, 0.5) is 13.2 Å². The maximum Gasteiger partial charge on any atom is 0.416 e. The molecule has 0 saturated heterocycles. The molecule has 0 aromatic heterocycles. The minimum Gasteiger partial charge on any atom is -0.454 e. The Labute approximate surface area is 147 Å². The molecule has 7 heteroatoms. The number of allylic oxidation sites excluding steroid dienone is 1. The summed E-state index contributed by atoms with van der Waals surface area (Å²) in [4.78, 5) is 12.5. The standard InChI is InChI=1S/C19H14F3NO3/c20-19(21,22)13-3-1-2-12(6-13)16(24)9-15-14-8-18-17(25-10-26-18)7-11(14)4-5-23-15/h1-3,6-9,23H,4-5,10H2/b15-9-. The van der Waals surface area contributed by atoms with Crippen LogP contribution in [0.3, 0.4) is 0 Å². The first-order chi connectivity index (χ1) is 12.4. The van der Waals surface area contributed by atoms with E-state index in [-0.39, 0.29) is 12.4 Å². The van der Waals surface area contributed by atoms with Gasteiger partial charge < -0.3 is 14.8 Å². The van der Waals surface area contributed by atoms with Crippen molar-refractivity contribution in [1.29, 1.82) is 0 Å².